The highest BCUT2D eigenvalue weighted by molar-refractivity contribution is 6.30. The fraction of sp³-hybridized carbons (Fsp3) is 0.333. The van der Waals surface area contributed by atoms with E-state index in [-0.39, 0.29) is 0 Å². The quantitative estimate of drug-likeness (QED) is 0.791. The van der Waals surface area contributed by atoms with Gasteiger partial charge in [-0.2, -0.15) is 0 Å². The molecule has 1 saturated heterocycles. The summed E-state index contributed by atoms with van der Waals surface area (Å²) in [7, 11) is 0. The van der Waals surface area contributed by atoms with E-state index >= 15 is 0 Å². The zero-order chi connectivity index (χ0) is 15.4. The second kappa shape index (κ2) is 7.25. The summed E-state index contributed by atoms with van der Waals surface area (Å²) >= 11 is 5.98. The first-order valence-electron chi connectivity index (χ1n) is 7.76. The van der Waals surface area contributed by atoms with Crippen LogP contribution in [0.4, 0.5) is 0 Å². The van der Waals surface area contributed by atoms with Gasteiger partial charge in [0.15, 0.2) is 0 Å². The minimum atomic E-state index is 0.313. The van der Waals surface area contributed by atoms with Gasteiger partial charge in [-0.05, 0) is 30.2 Å². The molecule has 0 bridgehead atoms. The predicted molar refractivity (Wildman–Crippen MR) is 91.7 cm³/mol. The maximum Gasteiger partial charge on any atom is 0.0515 e. The van der Waals surface area contributed by atoms with Crippen molar-refractivity contribution >= 4 is 11.6 Å². The van der Waals surface area contributed by atoms with E-state index in [9.17, 15) is 0 Å². The Balaban J connectivity index is 1.61. The molecule has 1 aliphatic rings. The van der Waals surface area contributed by atoms with Gasteiger partial charge in [0.05, 0.1) is 6.04 Å². The molecular weight excluding hydrogens is 294 g/mol. The van der Waals surface area contributed by atoms with E-state index in [1.807, 2.05) is 12.1 Å². The van der Waals surface area contributed by atoms with Crippen LogP contribution < -0.4 is 16.2 Å². The topological polar surface area (TPSA) is 36.1 Å². The van der Waals surface area contributed by atoms with Crippen LogP contribution in [-0.2, 0) is 0 Å². The smallest absolute Gasteiger partial charge is 0.0515 e. The zero-order valence-corrected chi connectivity index (χ0v) is 13.5. The first kappa shape index (κ1) is 15.5. The van der Waals surface area contributed by atoms with Crippen molar-refractivity contribution in [2.75, 3.05) is 13.1 Å². The van der Waals surface area contributed by atoms with Gasteiger partial charge < -0.3 is 5.32 Å². The van der Waals surface area contributed by atoms with E-state index in [4.69, 9.17) is 11.6 Å². The van der Waals surface area contributed by atoms with Crippen LogP contribution >= 0.6 is 11.6 Å². The summed E-state index contributed by atoms with van der Waals surface area (Å²) in [5, 5.41) is 4.43. The van der Waals surface area contributed by atoms with E-state index in [1.54, 1.807) is 0 Å². The Morgan fingerprint density at radius 1 is 1.14 bits per heavy atom. The van der Waals surface area contributed by atoms with Gasteiger partial charge in [-0.1, -0.05) is 54.1 Å². The molecule has 3 rings (SSSR count). The summed E-state index contributed by atoms with van der Waals surface area (Å²) in [5.41, 5.74) is 9.24. The number of rotatable bonds is 5. The number of hydrogen-bond donors (Lipinski definition) is 3. The first-order valence-corrected chi connectivity index (χ1v) is 8.14. The number of halogens is 1. The standard InChI is InChI=1S/C18H22ClN3/c1-13(14-5-3-2-4-6-14)20-11-16-12-21-22-18(16)15-7-9-17(19)10-8-15/h2-10,13,16,18,20-22H,11-12H2,1H3. The molecule has 4 heteroatoms. The highest BCUT2D eigenvalue weighted by Gasteiger charge is 2.28. The summed E-state index contributed by atoms with van der Waals surface area (Å²) in [4.78, 5) is 0. The molecule has 0 saturated carbocycles. The summed E-state index contributed by atoms with van der Waals surface area (Å²) < 4.78 is 0. The lowest BCUT2D eigenvalue weighted by Crippen LogP contribution is -2.30. The molecule has 3 N–H and O–H groups in total. The van der Waals surface area contributed by atoms with Gasteiger partial charge in [0, 0.05) is 30.1 Å². The zero-order valence-electron chi connectivity index (χ0n) is 12.7. The summed E-state index contributed by atoms with van der Waals surface area (Å²) in [6, 6.07) is 19.3. The molecule has 3 atom stereocenters. The maximum absolute atomic E-state index is 5.98. The Morgan fingerprint density at radius 3 is 2.59 bits per heavy atom. The third kappa shape index (κ3) is 3.68. The molecule has 116 valence electrons. The highest BCUT2D eigenvalue weighted by Crippen LogP contribution is 2.26. The third-order valence-electron chi connectivity index (χ3n) is 4.31. The van der Waals surface area contributed by atoms with E-state index in [0.717, 1.165) is 18.1 Å². The SMILES string of the molecule is CC(NCC1CNNC1c1ccc(Cl)cc1)c1ccccc1. The van der Waals surface area contributed by atoms with Crippen molar-refractivity contribution < 1.29 is 0 Å². The highest BCUT2D eigenvalue weighted by atomic mass is 35.5. The second-order valence-electron chi connectivity index (χ2n) is 5.86. The molecule has 0 spiro atoms. The average molecular weight is 316 g/mol. The Hall–Kier alpha value is -1.39. The Morgan fingerprint density at radius 2 is 1.86 bits per heavy atom. The fourth-order valence-corrected chi connectivity index (χ4v) is 3.07. The van der Waals surface area contributed by atoms with Gasteiger partial charge in [-0.3, -0.25) is 5.43 Å². The van der Waals surface area contributed by atoms with E-state index in [2.05, 4.69) is 65.6 Å². The molecule has 0 aliphatic carbocycles. The van der Waals surface area contributed by atoms with Crippen LogP contribution in [-0.4, -0.2) is 13.1 Å². The third-order valence-corrected chi connectivity index (χ3v) is 4.56. The molecule has 2 aromatic carbocycles. The average Bonchev–Trinajstić information content (AvgIpc) is 3.02. The van der Waals surface area contributed by atoms with E-state index in [0.29, 0.717) is 18.0 Å². The molecule has 22 heavy (non-hydrogen) atoms. The van der Waals surface area contributed by atoms with Gasteiger partial charge in [-0.25, -0.2) is 5.43 Å². The lowest BCUT2D eigenvalue weighted by atomic mass is 9.94. The van der Waals surface area contributed by atoms with E-state index in [1.165, 1.54) is 11.1 Å². The predicted octanol–water partition coefficient (Wildman–Crippen LogP) is 3.46. The Kier molecular flexibility index (Phi) is 5.11. The monoisotopic (exact) mass is 315 g/mol. The Labute approximate surface area is 137 Å². The van der Waals surface area contributed by atoms with Crippen LogP contribution in [0.5, 0.6) is 0 Å². The number of nitrogens with one attached hydrogen (secondary N) is 3. The number of benzene rings is 2. The lowest BCUT2D eigenvalue weighted by Gasteiger charge is -2.22. The van der Waals surface area contributed by atoms with Gasteiger partial charge >= 0.3 is 0 Å². The van der Waals surface area contributed by atoms with Gasteiger partial charge in [0.2, 0.25) is 0 Å². The van der Waals surface area contributed by atoms with Crippen LogP contribution in [0.1, 0.15) is 30.1 Å². The largest absolute Gasteiger partial charge is 0.310 e. The van der Waals surface area contributed by atoms with Crippen molar-refractivity contribution in [2.45, 2.75) is 19.0 Å². The molecule has 0 amide bonds. The summed E-state index contributed by atoms with van der Waals surface area (Å²) in [5.74, 6) is 0.507. The second-order valence-corrected chi connectivity index (χ2v) is 6.29. The van der Waals surface area contributed by atoms with E-state index < -0.39 is 0 Å². The van der Waals surface area contributed by atoms with Crippen molar-refractivity contribution in [3.05, 3.63) is 70.7 Å². The normalized spacial score (nSPS) is 22.6. The summed E-state index contributed by atoms with van der Waals surface area (Å²) in [6.45, 7) is 4.13. The fourth-order valence-electron chi connectivity index (χ4n) is 2.94. The van der Waals surface area contributed by atoms with Gasteiger partial charge in [0.1, 0.15) is 0 Å². The van der Waals surface area contributed by atoms with Crippen LogP contribution in [0.2, 0.25) is 5.02 Å². The summed E-state index contributed by atoms with van der Waals surface area (Å²) in [6.07, 6.45) is 0. The maximum atomic E-state index is 5.98. The van der Waals surface area contributed by atoms with Crippen molar-refractivity contribution in [1.82, 2.24) is 16.2 Å². The molecule has 0 radical (unpaired) electrons. The van der Waals surface area contributed by atoms with Crippen LogP contribution in [0, 0.1) is 5.92 Å². The Bertz CT molecular complexity index is 585. The van der Waals surface area contributed by atoms with Crippen LogP contribution in [0.15, 0.2) is 54.6 Å². The van der Waals surface area contributed by atoms with Gasteiger partial charge in [0.25, 0.3) is 0 Å². The van der Waals surface area contributed by atoms with Crippen molar-refractivity contribution in [2.24, 2.45) is 5.92 Å². The minimum absolute atomic E-state index is 0.313. The molecule has 1 aliphatic heterocycles. The van der Waals surface area contributed by atoms with Crippen LogP contribution in [0.25, 0.3) is 0 Å². The van der Waals surface area contributed by atoms with Crippen LogP contribution in [0.3, 0.4) is 0 Å². The van der Waals surface area contributed by atoms with Crippen molar-refractivity contribution in [3.8, 4) is 0 Å². The molecule has 1 heterocycles. The molecule has 1 fully saturated rings. The number of hydrogen-bond acceptors (Lipinski definition) is 3. The molecule has 3 unspecified atom stereocenters. The molecular formula is C18H22ClN3. The molecule has 0 aromatic heterocycles. The molecule has 3 nitrogen and oxygen atoms in total. The lowest BCUT2D eigenvalue weighted by molar-refractivity contribution is 0.418. The molecule has 2 aromatic rings. The van der Waals surface area contributed by atoms with Crippen molar-refractivity contribution in [3.63, 3.8) is 0 Å². The van der Waals surface area contributed by atoms with Crippen molar-refractivity contribution in [1.29, 1.82) is 0 Å². The minimum Gasteiger partial charge on any atom is -0.310 e. The number of hydrazine groups is 1. The first-order chi connectivity index (χ1) is 10.7. The van der Waals surface area contributed by atoms with Gasteiger partial charge in [-0.15, -0.1) is 0 Å².